The highest BCUT2D eigenvalue weighted by Crippen LogP contribution is 2.33. The van der Waals surface area contributed by atoms with Crippen LogP contribution in [-0.2, 0) is 9.59 Å². The van der Waals surface area contributed by atoms with Crippen LogP contribution < -0.4 is 19.7 Å². The van der Waals surface area contributed by atoms with Crippen molar-refractivity contribution in [2.24, 2.45) is 0 Å². The summed E-state index contributed by atoms with van der Waals surface area (Å²) < 4.78 is 10.5. The molecule has 0 saturated carbocycles. The Morgan fingerprint density at radius 3 is 2.56 bits per heavy atom. The molecule has 0 spiro atoms. The molecule has 1 fully saturated rings. The molecule has 2 aromatic carbocycles. The Balaban J connectivity index is 1.63. The molecule has 1 saturated heterocycles. The average Bonchev–Trinajstić information content (AvgIpc) is 3.06. The number of amides is 2. The monoisotopic (exact) mass is 366 g/mol. The number of methoxy groups -OCH3 is 2. The zero-order valence-electron chi connectivity index (χ0n) is 15.3. The predicted molar refractivity (Wildman–Crippen MR) is 104 cm³/mol. The maximum Gasteiger partial charge on any atom is 0.244 e. The van der Waals surface area contributed by atoms with E-state index in [2.05, 4.69) is 5.32 Å². The Morgan fingerprint density at radius 1 is 1.11 bits per heavy atom. The zero-order valence-corrected chi connectivity index (χ0v) is 15.3. The van der Waals surface area contributed by atoms with E-state index < -0.39 is 0 Å². The van der Waals surface area contributed by atoms with Gasteiger partial charge in [0.1, 0.15) is 0 Å². The summed E-state index contributed by atoms with van der Waals surface area (Å²) in [6, 6.07) is 14.7. The fourth-order valence-electron chi connectivity index (χ4n) is 3.03. The van der Waals surface area contributed by atoms with Crippen LogP contribution in [0.25, 0.3) is 6.08 Å². The van der Waals surface area contributed by atoms with Crippen molar-refractivity contribution in [3.63, 3.8) is 0 Å². The van der Waals surface area contributed by atoms with Crippen LogP contribution in [0.4, 0.5) is 5.69 Å². The van der Waals surface area contributed by atoms with Gasteiger partial charge in [0.15, 0.2) is 11.5 Å². The van der Waals surface area contributed by atoms with E-state index in [1.54, 1.807) is 43.4 Å². The van der Waals surface area contributed by atoms with Gasteiger partial charge in [-0.05, 0) is 23.8 Å². The first-order chi connectivity index (χ1) is 13.1. The first-order valence-corrected chi connectivity index (χ1v) is 8.66. The first kappa shape index (κ1) is 18.5. The van der Waals surface area contributed by atoms with E-state index in [9.17, 15) is 9.59 Å². The van der Waals surface area contributed by atoms with Crippen molar-refractivity contribution in [3.8, 4) is 11.5 Å². The van der Waals surface area contributed by atoms with Gasteiger partial charge in [-0.25, -0.2) is 0 Å². The van der Waals surface area contributed by atoms with E-state index in [0.717, 1.165) is 5.56 Å². The topological polar surface area (TPSA) is 67.9 Å². The quantitative estimate of drug-likeness (QED) is 0.798. The lowest BCUT2D eigenvalue weighted by Gasteiger charge is -2.18. The van der Waals surface area contributed by atoms with Crippen LogP contribution >= 0.6 is 0 Å². The number of nitrogens with zero attached hydrogens (tertiary/aromatic N) is 1. The summed E-state index contributed by atoms with van der Waals surface area (Å²) in [5, 5.41) is 2.89. The molecule has 3 rings (SSSR count). The molecule has 0 aromatic heterocycles. The molecule has 0 aliphatic carbocycles. The Kier molecular flexibility index (Phi) is 5.76. The number of hydrogen-bond donors (Lipinski definition) is 1. The Morgan fingerprint density at radius 2 is 1.85 bits per heavy atom. The SMILES string of the molecule is COc1ccc(N2C[C@@H](NC(=O)/C=C\c3ccccc3)CC2=O)cc1OC. The average molecular weight is 366 g/mol. The lowest BCUT2D eigenvalue weighted by atomic mass is 10.2. The normalized spacial score (nSPS) is 16.6. The number of rotatable bonds is 6. The smallest absolute Gasteiger partial charge is 0.244 e. The minimum atomic E-state index is -0.237. The summed E-state index contributed by atoms with van der Waals surface area (Å²) in [6.07, 6.45) is 3.50. The second-order valence-corrected chi connectivity index (χ2v) is 6.20. The number of nitrogens with one attached hydrogen (secondary N) is 1. The number of carbonyl (C=O) groups excluding carboxylic acids is 2. The predicted octanol–water partition coefficient (Wildman–Crippen LogP) is 2.64. The van der Waals surface area contributed by atoms with Crippen LogP contribution in [0.5, 0.6) is 11.5 Å². The van der Waals surface area contributed by atoms with Gasteiger partial charge in [-0.2, -0.15) is 0 Å². The molecule has 0 unspecified atom stereocenters. The van der Waals surface area contributed by atoms with Crippen LogP contribution in [0.15, 0.2) is 54.6 Å². The molecule has 2 aromatic rings. The number of anilines is 1. The van der Waals surface area contributed by atoms with Gasteiger partial charge in [-0.1, -0.05) is 30.3 Å². The maximum atomic E-state index is 12.4. The lowest BCUT2D eigenvalue weighted by Crippen LogP contribution is -2.36. The van der Waals surface area contributed by atoms with E-state index in [1.807, 2.05) is 30.3 Å². The van der Waals surface area contributed by atoms with Crippen molar-refractivity contribution in [2.45, 2.75) is 12.5 Å². The van der Waals surface area contributed by atoms with Gasteiger partial charge in [-0.3, -0.25) is 9.59 Å². The van der Waals surface area contributed by atoms with Crippen molar-refractivity contribution in [2.75, 3.05) is 25.7 Å². The minimum Gasteiger partial charge on any atom is -0.493 e. The summed E-state index contributed by atoms with van der Waals surface area (Å²) in [5.41, 5.74) is 1.66. The van der Waals surface area contributed by atoms with Crippen molar-refractivity contribution in [3.05, 3.63) is 60.2 Å². The van der Waals surface area contributed by atoms with Gasteiger partial charge in [0.25, 0.3) is 0 Å². The van der Waals surface area contributed by atoms with Crippen LogP contribution in [-0.4, -0.2) is 38.6 Å². The van der Waals surface area contributed by atoms with Crippen LogP contribution in [0.1, 0.15) is 12.0 Å². The fraction of sp³-hybridized carbons (Fsp3) is 0.238. The molecule has 27 heavy (non-hydrogen) atoms. The van der Waals surface area contributed by atoms with E-state index in [-0.39, 0.29) is 24.3 Å². The van der Waals surface area contributed by atoms with Crippen LogP contribution in [0.2, 0.25) is 0 Å². The first-order valence-electron chi connectivity index (χ1n) is 8.66. The molecule has 1 aliphatic heterocycles. The standard InChI is InChI=1S/C21H22N2O4/c1-26-18-10-9-17(13-19(18)27-2)23-14-16(12-21(23)25)22-20(24)11-8-15-6-4-3-5-7-15/h3-11,13,16H,12,14H2,1-2H3,(H,22,24)/b11-8-/t16-/m0/s1. The number of benzene rings is 2. The van der Waals surface area contributed by atoms with E-state index in [1.165, 1.54) is 6.08 Å². The number of ether oxygens (including phenoxy) is 2. The summed E-state index contributed by atoms with van der Waals surface area (Å²) in [4.78, 5) is 26.2. The van der Waals surface area contributed by atoms with E-state index in [0.29, 0.717) is 23.7 Å². The van der Waals surface area contributed by atoms with Crippen LogP contribution in [0.3, 0.4) is 0 Å². The molecule has 1 atom stereocenters. The molecule has 2 amide bonds. The molecule has 1 N–H and O–H groups in total. The second-order valence-electron chi connectivity index (χ2n) is 6.20. The van der Waals surface area contributed by atoms with Gasteiger partial charge in [-0.15, -0.1) is 0 Å². The molecular weight excluding hydrogens is 344 g/mol. The van der Waals surface area contributed by atoms with Crippen molar-refractivity contribution in [1.82, 2.24) is 5.32 Å². The van der Waals surface area contributed by atoms with Crippen molar-refractivity contribution in [1.29, 1.82) is 0 Å². The second kappa shape index (κ2) is 8.40. The number of hydrogen-bond acceptors (Lipinski definition) is 4. The highest BCUT2D eigenvalue weighted by molar-refractivity contribution is 5.98. The zero-order chi connectivity index (χ0) is 19.2. The van der Waals surface area contributed by atoms with Crippen LogP contribution in [0, 0.1) is 0 Å². The third-order valence-corrected chi connectivity index (χ3v) is 4.38. The molecule has 140 valence electrons. The molecule has 1 aliphatic rings. The molecule has 0 bridgehead atoms. The highest BCUT2D eigenvalue weighted by atomic mass is 16.5. The molecule has 0 radical (unpaired) electrons. The molecule has 6 heteroatoms. The fourth-order valence-corrected chi connectivity index (χ4v) is 3.03. The lowest BCUT2D eigenvalue weighted by molar-refractivity contribution is -0.117. The molecular formula is C21H22N2O4. The summed E-state index contributed by atoms with van der Waals surface area (Å²) in [6.45, 7) is 0.416. The summed E-state index contributed by atoms with van der Waals surface area (Å²) >= 11 is 0. The van der Waals surface area contributed by atoms with E-state index in [4.69, 9.17) is 9.47 Å². The van der Waals surface area contributed by atoms with E-state index >= 15 is 0 Å². The Labute approximate surface area is 158 Å². The summed E-state index contributed by atoms with van der Waals surface area (Å²) in [7, 11) is 3.11. The van der Waals surface area contributed by atoms with Gasteiger partial charge < -0.3 is 19.7 Å². The number of carbonyl (C=O) groups is 2. The maximum absolute atomic E-state index is 12.4. The van der Waals surface area contributed by atoms with Gasteiger partial charge in [0.2, 0.25) is 11.8 Å². The van der Waals surface area contributed by atoms with Gasteiger partial charge in [0, 0.05) is 30.8 Å². The third kappa shape index (κ3) is 4.47. The Bertz CT molecular complexity index is 849. The van der Waals surface area contributed by atoms with Gasteiger partial charge >= 0.3 is 0 Å². The molecule has 6 nitrogen and oxygen atoms in total. The molecule has 1 heterocycles. The summed E-state index contributed by atoms with van der Waals surface area (Å²) in [5.74, 6) is 0.898. The highest BCUT2D eigenvalue weighted by Gasteiger charge is 2.31. The Hall–Kier alpha value is -3.28. The largest absolute Gasteiger partial charge is 0.493 e. The third-order valence-electron chi connectivity index (χ3n) is 4.38. The van der Waals surface area contributed by atoms with Gasteiger partial charge in [0.05, 0.1) is 20.3 Å². The van der Waals surface area contributed by atoms with Crippen molar-refractivity contribution < 1.29 is 19.1 Å². The van der Waals surface area contributed by atoms with Crippen molar-refractivity contribution >= 4 is 23.6 Å². The minimum absolute atomic E-state index is 0.0421.